The fourth-order valence-electron chi connectivity index (χ4n) is 4.46. The third-order valence-corrected chi connectivity index (χ3v) is 6.49. The molecule has 0 saturated carbocycles. The molecule has 2 aromatic carbocycles. The number of fused-ring (bicyclic) bond motifs is 1. The average Bonchev–Trinajstić information content (AvgIpc) is 3.41. The van der Waals surface area contributed by atoms with E-state index in [0.29, 0.717) is 23.3 Å². The maximum absolute atomic E-state index is 11.2. The molecule has 1 aliphatic rings. The zero-order chi connectivity index (χ0) is 23.7. The quantitative estimate of drug-likeness (QED) is 0.429. The lowest BCUT2D eigenvalue weighted by atomic mass is 10.0. The van der Waals surface area contributed by atoms with Gasteiger partial charge in [0.05, 0.1) is 16.6 Å². The molecule has 2 N–H and O–H groups in total. The molecule has 4 aromatic rings. The standard InChI is InChI=1S/C25H28N6O3/c1-16-26-23(34-29-16)18-5-3-17(4-6-18)9-12-31-13-10-20(11-14-31)27-25-28-21-15-19(24(32)33)7-8-22(21)30(25)2/h3-8,15,20H,9-14H2,1-2H3,(H,27,28)(H,32,33). The van der Waals surface area contributed by atoms with Gasteiger partial charge in [-0.2, -0.15) is 4.98 Å². The molecule has 2 aromatic heterocycles. The molecule has 0 atom stereocenters. The lowest BCUT2D eigenvalue weighted by Crippen LogP contribution is -2.40. The highest BCUT2D eigenvalue weighted by atomic mass is 16.5. The van der Waals surface area contributed by atoms with E-state index in [9.17, 15) is 9.90 Å². The fourth-order valence-corrected chi connectivity index (χ4v) is 4.46. The molecule has 34 heavy (non-hydrogen) atoms. The van der Waals surface area contributed by atoms with Crippen molar-refractivity contribution in [2.75, 3.05) is 25.0 Å². The molecule has 0 aliphatic carbocycles. The largest absolute Gasteiger partial charge is 0.478 e. The third kappa shape index (κ3) is 4.65. The van der Waals surface area contributed by atoms with Gasteiger partial charge >= 0.3 is 5.97 Å². The molecular formula is C25H28N6O3. The van der Waals surface area contributed by atoms with Crippen LogP contribution in [0.2, 0.25) is 0 Å². The van der Waals surface area contributed by atoms with Crippen molar-refractivity contribution in [2.45, 2.75) is 32.2 Å². The Balaban J connectivity index is 1.13. The summed E-state index contributed by atoms with van der Waals surface area (Å²) in [6, 6.07) is 13.7. The van der Waals surface area contributed by atoms with Crippen LogP contribution in [0.25, 0.3) is 22.5 Å². The minimum Gasteiger partial charge on any atom is -0.478 e. The van der Waals surface area contributed by atoms with E-state index in [1.54, 1.807) is 12.1 Å². The van der Waals surface area contributed by atoms with Gasteiger partial charge in [0.15, 0.2) is 5.82 Å². The first-order valence-corrected chi connectivity index (χ1v) is 11.5. The normalized spacial score (nSPS) is 15.1. The van der Waals surface area contributed by atoms with Gasteiger partial charge in [0, 0.05) is 38.3 Å². The minimum atomic E-state index is -0.938. The molecule has 0 bridgehead atoms. The second-order valence-corrected chi connectivity index (χ2v) is 8.86. The molecule has 0 spiro atoms. The van der Waals surface area contributed by atoms with Gasteiger partial charge in [-0.3, -0.25) is 0 Å². The Morgan fingerprint density at radius 1 is 1.15 bits per heavy atom. The number of carboxylic acid groups (broad SMARTS) is 1. The summed E-state index contributed by atoms with van der Waals surface area (Å²) in [6.45, 7) is 4.90. The van der Waals surface area contributed by atoms with Gasteiger partial charge in [-0.25, -0.2) is 9.78 Å². The number of hydrogen-bond donors (Lipinski definition) is 2. The van der Waals surface area contributed by atoms with Crippen LogP contribution >= 0.6 is 0 Å². The number of carboxylic acids is 1. The molecule has 1 fully saturated rings. The summed E-state index contributed by atoms with van der Waals surface area (Å²) in [6.07, 6.45) is 3.08. The molecule has 0 amide bonds. The monoisotopic (exact) mass is 460 g/mol. The van der Waals surface area contributed by atoms with E-state index < -0.39 is 5.97 Å². The van der Waals surface area contributed by atoms with Crippen LogP contribution in [0.5, 0.6) is 0 Å². The predicted octanol–water partition coefficient (Wildman–Crippen LogP) is 3.75. The van der Waals surface area contributed by atoms with Crippen LogP contribution in [-0.2, 0) is 13.5 Å². The lowest BCUT2D eigenvalue weighted by molar-refractivity contribution is 0.0697. The number of nitrogens with one attached hydrogen (secondary N) is 1. The summed E-state index contributed by atoms with van der Waals surface area (Å²) >= 11 is 0. The van der Waals surface area contributed by atoms with Crippen LogP contribution in [-0.4, -0.2) is 61.3 Å². The van der Waals surface area contributed by atoms with Gasteiger partial charge in [-0.05, 0) is 62.1 Å². The van der Waals surface area contributed by atoms with E-state index in [-0.39, 0.29) is 5.56 Å². The SMILES string of the molecule is Cc1noc(-c2ccc(CCN3CCC(Nc4nc5cc(C(=O)O)ccc5n4C)CC3)cc2)n1. The molecule has 1 saturated heterocycles. The molecule has 0 radical (unpaired) electrons. The van der Waals surface area contributed by atoms with Crippen LogP contribution in [0.1, 0.15) is 34.6 Å². The van der Waals surface area contributed by atoms with Crippen LogP contribution in [0.3, 0.4) is 0 Å². The Morgan fingerprint density at radius 3 is 2.59 bits per heavy atom. The van der Waals surface area contributed by atoms with Crippen molar-refractivity contribution >= 4 is 23.0 Å². The van der Waals surface area contributed by atoms with Gasteiger partial charge < -0.3 is 24.4 Å². The van der Waals surface area contributed by atoms with E-state index in [4.69, 9.17) is 4.52 Å². The number of hydrogen-bond acceptors (Lipinski definition) is 7. The first kappa shape index (κ1) is 22.1. The van der Waals surface area contributed by atoms with E-state index in [0.717, 1.165) is 55.9 Å². The Bertz CT molecular complexity index is 1300. The third-order valence-electron chi connectivity index (χ3n) is 6.49. The van der Waals surface area contributed by atoms with Crippen molar-refractivity contribution < 1.29 is 14.4 Å². The smallest absolute Gasteiger partial charge is 0.335 e. The highest BCUT2D eigenvalue weighted by molar-refractivity contribution is 5.93. The molecule has 5 rings (SSSR count). The van der Waals surface area contributed by atoms with Crippen molar-refractivity contribution in [3.8, 4) is 11.5 Å². The summed E-state index contributed by atoms with van der Waals surface area (Å²) in [5, 5.41) is 16.6. The number of rotatable bonds is 7. The average molecular weight is 461 g/mol. The summed E-state index contributed by atoms with van der Waals surface area (Å²) in [7, 11) is 1.96. The Kier molecular flexibility index (Phi) is 6.02. The van der Waals surface area contributed by atoms with Gasteiger partial charge in [0.2, 0.25) is 5.95 Å². The number of piperidine rings is 1. The van der Waals surface area contributed by atoms with Crippen LogP contribution in [0, 0.1) is 6.92 Å². The van der Waals surface area contributed by atoms with Gasteiger partial charge in [-0.1, -0.05) is 17.3 Å². The number of aryl methyl sites for hydroxylation is 2. The first-order chi connectivity index (χ1) is 16.5. The number of nitrogens with zero attached hydrogens (tertiary/aromatic N) is 5. The van der Waals surface area contributed by atoms with Crippen molar-refractivity contribution in [3.05, 3.63) is 59.4 Å². The molecule has 176 valence electrons. The van der Waals surface area contributed by atoms with Crippen molar-refractivity contribution in [3.63, 3.8) is 0 Å². The first-order valence-electron chi connectivity index (χ1n) is 11.5. The highest BCUT2D eigenvalue weighted by Crippen LogP contribution is 2.23. The molecule has 9 heteroatoms. The molecule has 0 unspecified atom stereocenters. The number of benzene rings is 2. The second kappa shape index (κ2) is 9.26. The van der Waals surface area contributed by atoms with Crippen LogP contribution < -0.4 is 5.32 Å². The maximum Gasteiger partial charge on any atom is 0.335 e. The topological polar surface area (TPSA) is 109 Å². The number of carbonyl (C=O) groups is 1. The van der Waals surface area contributed by atoms with E-state index in [2.05, 4.69) is 37.5 Å². The van der Waals surface area contributed by atoms with E-state index >= 15 is 0 Å². The summed E-state index contributed by atoms with van der Waals surface area (Å²) in [4.78, 5) is 22.6. The Hall–Kier alpha value is -3.72. The zero-order valence-electron chi connectivity index (χ0n) is 19.4. The predicted molar refractivity (Wildman–Crippen MR) is 129 cm³/mol. The van der Waals surface area contributed by atoms with E-state index in [1.165, 1.54) is 5.56 Å². The summed E-state index contributed by atoms with van der Waals surface area (Å²) in [5.74, 6) is 1.04. The number of imidazole rings is 1. The Morgan fingerprint density at radius 2 is 1.91 bits per heavy atom. The summed E-state index contributed by atoms with van der Waals surface area (Å²) < 4.78 is 7.22. The van der Waals surface area contributed by atoms with E-state index in [1.807, 2.05) is 36.7 Å². The molecular weight excluding hydrogens is 432 g/mol. The maximum atomic E-state index is 11.2. The highest BCUT2D eigenvalue weighted by Gasteiger charge is 2.21. The number of aromatic nitrogens is 4. The number of aromatic carboxylic acids is 1. The second-order valence-electron chi connectivity index (χ2n) is 8.86. The molecule has 1 aliphatic heterocycles. The fraction of sp³-hybridized carbons (Fsp3) is 0.360. The lowest BCUT2D eigenvalue weighted by Gasteiger charge is -2.32. The Labute approximate surface area is 197 Å². The molecule has 9 nitrogen and oxygen atoms in total. The van der Waals surface area contributed by atoms with Crippen molar-refractivity contribution in [1.82, 2.24) is 24.6 Å². The zero-order valence-corrected chi connectivity index (χ0v) is 19.4. The van der Waals surface area contributed by atoms with Gasteiger partial charge in [0.1, 0.15) is 0 Å². The minimum absolute atomic E-state index is 0.254. The van der Waals surface area contributed by atoms with Gasteiger partial charge in [0.25, 0.3) is 5.89 Å². The van der Waals surface area contributed by atoms with Crippen LogP contribution in [0.4, 0.5) is 5.95 Å². The van der Waals surface area contributed by atoms with Gasteiger partial charge in [-0.15, -0.1) is 0 Å². The van der Waals surface area contributed by atoms with Crippen LogP contribution in [0.15, 0.2) is 47.0 Å². The number of likely N-dealkylation sites (tertiary alicyclic amines) is 1. The van der Waals surface area contributed by atoms with Crippen molar-refractivity contribution in [1.29, 1.82) is 0 Å². The number of anilines is 1. The van der Waals surface area contributed by atoms with Crippen molar-refractivity contribution in [2.24, 2.45) is 7.05 Å². The molecule has 3 heterocycles. The summed E-state index contributed by atoms with van der Waals surface area (Å²) in [5.41, 5.74) is 4.11.